The van der Waals surface area contributed by atoms with E-state index in [1.165, 1.54) is 0 Å². The number of halogens is 3. The second kappa shape index (κ2) is 10.5. The summed E-state index contributed by atoms with van der Waals surface area (Å²) in [5.41, 5.74) is 3.09. The van der Waals surface area contributed by atoms with E-state index >= 15 is 0 Å². The number of fused-ring (bicyclic) bond motifs is 1. The zero-order chi connectivity index (χ0) is 15.5. The van der Waals surface area contributed by atoms with Crippen molar-refractivity contribution in [1.29, 1.82) is 0 Å². The molecule has 0 amide bonds. The minimum atomic E-state index is 0. The third kappa shape index (κ3) is 5.20. The van der Waals surface area contributed by atoms with Gasteiger partial charge in [0.25, 0.3) is 0 Å². The van der Waals surface area contributed by atoms with Crippen LogP contribution in [0.2, 0.25) is 0 Å². The molecule has 9 heteroatoms. The van der Waals surface area contributed by atoms with Crippen LogP contribution in [0.3, 0.4) is 0 Å². The van der Waals surface area contributed by atoms with Gasteiger partial charge in [0.2, 0.25) is 0 Å². The van der Waals surface area contributed by atoms with Gasteiger partial charge in [-0.05, 0) is 49.7 Å². The smallest absolute Gasteiger partial charge is 0.155 e. The van der Waals surface area contributed by atoms with E-state index in [9.17, 15) is 0 Å². The Balaban J connectivity index is 0.00000113. The third-order valence-electron chi connectivity index (χ3n) is 4.27. The van der Waals surface area contributed by atoms with Gasteiger partial charge in [-0.2, -0.15) is 5.10 Å². The number of rotatable bonds is 4. The second-order valence-corrected chi connectivity index (χ2v) is 5.93. The largest absolute Gasteiger partial charge is 0.380 e. The van der Waals surface area contributed by atoms with Crippen molar-refractivity contribution in [3.63, 3.8) is 0 Å². The van der Waals surface area contributed by atoms with Gasteiger partial charge in [-0.25, -0.2) is 9.50 Å². The van der Waals surface area contributed by atoms with E-state index < -0.39 is 0 Å². The summed E-state index contributed by atoms with van der Waals surface area (Å²) in [6.45, 7) is 2.85. The minimum absolute atomic E-state index is 0. The van der Waals surface area contributed by atoms with Crippen molar-refractivity contribution in [3.05, 3.63) is 54.2 Å². The van der Waals surface area contributed by atoms with Crippen LogP contribution in [-0.2, 0) is 6.54 Å². The van der Waals surface area contributed by atoms with E-state index in [2.05, 4.69) is 31.8 Å². The van der Waals surface area contributed by atoms with Crippen molar-refractivity contribution in [2.75, 3.05) is 18.4 Å². The molecule has 0 bridgehead atoms. The molecule has 6 nitrogen and oxygen atoms in total. The molecule has 1 fully saturated rings. The molecular weight excluding hydrogens is 395 g/mol. The van der Waals surface area contributed by atoms with Crippen molar-refractivity contribution < 1.29 is 0 Å². The van der Waals surface area contributed by atoms with Gasteiger partial charge >= 0.3 is 0 Å². The van der Waals surface area contributed by atoms with Crippen molar-refractivity contribution in [2.45, 2.75) is 25.3 Å². The van der Waals surface area contributed by atoms with Crippen LogP contribution in [0.4, 0.5) is 5.69 Å². The van der Waals surface area contributed by atoms with E-state index in [0.29, 0.717) is 5.92 Å². The van der Waals surface area contributed by atoms with Gasteiger partial charge in [-0.1, -0.05) is 6.07 Å². The lowest BCUT2D eigenvalue weighted by molar-refractivity contribution is 0.445. The van der Waals surface area contributed by atoms with E-state index in [1.54, 1.807) is 6.20 Å². The molecule has 1 aliphatic rings. The fourth-order valence-electron chi connectivity index (χ4n) is 2.96. The normalized spacial score (nSPS) is 14.0. The number of aromatic nitrogens is 4. The first-order chi connectivity index (χ1) is 11.4. The standard InChI is InChI=1S/C17H20N6.3ClH/c1-2-13(10-19-7-1)11-20-15-3-4-16-21-17(22-23(16)12-15)14-5-8-18-9-6-14;;;/h1-4,7,10,12,14,18,20H,5-6,8-9,11H2;3*1H. The highest BCUT2D eigenvalue weighted by molar-refractivity contribution is 5.86. The summed E-state index contributed by atoms with van der Waals surface area (Å²) in [6.07, 6.45) is 7.89. The molecule has 26 heavy (non-hydrogen) atoms. The van der Waals surface area contributed by atoms with Crippen molar-refractivity contribution in [2.24, 2.45) is 0 Å². The molecule has 3 aromatic rings. The molecule has 4 heterocycles. The van der Waals surface area contributed by atoms with Crippen molar-refractivity contribution in [1.82, 2.24) is 24.9 Å². The van der Waals surface area contributed by atoms with Crippen LogP contribution >= 0.6 is 37.2 Å². The number of hydrogen-bond donors (Lipinski definition) is 2. The average molecular weight is 418 g/mol. The molecule has 3 aromatic heterocycles. The number of nitrogens with one attached hydrogen (secondary N) is 2. The Morgan fingerprint density at radius 3 is 2.65 bits per heavy atom. The van der Waals surface area contributed by atoms with Gasteiger partial charge in [-0.3, -0.25) is 4.98 Å². The van der Waals surface area contributed by atoms with Crippen LogP contribution in [0.25, 0.3) is 5.65 Å². The topological polar surface area (TPSA) is 67.1 Å². The average Bonchev–Trinajstić information content (AvgIpc) is 3.05. The Hall–Kier alpha value is -1.60. The van der Waals surface area contributed by atoms with Crippen LogP contribution in [-0.4, -0.2) is 32.7 Å². The second-order valence-electron chi connectivity index (χ2n) is 5.93. The summed E-state index contributed by atoms with van der Waals surface area (Å²) in [4.78, 5) is 8.81. The lowest BCUT2D eigenvalue weighted by Gasteiger charge is -2.19. The molecule has 0 radical (unpaired) electrons. The van der Waals surface area contributed by atoms with E-state index in [1.807, 2.05) is 35.1 Å². The fraction of sp³-hybridized carbons (Fsp3) is 0.353. The molecule has 1 saturated heterocycles. The highest BCUT2D eigenvalue weighted by Gasteiger charge is 2.19. The Morgan fingerprint density at radius 2 is 1.92 bits per heavy atom. The van der Waals surface area contributed by atoms with Gasteiger partial charge < -0.3 is 10.6 Å². The van der Waals surface area contributed by atoms with Crippen LogP contribution in [0.5, 0.6) is 0 Å². The molecule has 1 aliphatic heterocycles. The first kappa shape index (κ1) is 22.4. The summed E-state index contributed by atoms with van der Waals surface area (Å²) >= 11 is 0. The number of hydrogen-bond acceptors (Lipinski definition) is 5. The first-order valence-electron chi connectivity index (χ1n) is 8.08. The predicted molar refractivity (Wildman–Crippen MR) is 111 cm³/mol. The van der Waals surface area contributed by atoms with Crippen molar-refractivity contribution >= 4 is 48.6 Å². The van der Waals surface area contributed by atoms with Gasteiger partial charge in [0.1, 0.15) is 0 Å². The third-order valence-corrected chi connectivity index (χ3v) is 4.27. The summed E-state index contributed by atoms with van der Waals surface area (Å²) in [7, 11) is 0. The van der Waals surface area contributed by atoms with E-state index in [-0.39, 0.29) is 37.2 Å². The molecule has 0 unspecified atom stereocenters. The highest BCUT2D eigenvalue weighted by atomic mass is 35.5. The molecule has 4 rings (SSSR count). The summed E-state index contributed by atoms with van der Waals surface area (Å²) < 4.78 is 1.88. The maximum Gasteiger partial charge on any atom is 0.155 e. The lowest BCUT2D eigenvalue weighted by Crippen LogP contribution is -2.27. The van der Waals surface area contributed by atoms with Crippen molar-refractivity contribution in [3.8, 4) is 0 Å². The molecule has 142 valence electrons. The van der Waals surface area contributed by atoms with Gasteiger partial charge in [0.05, 0.1) is 11.9 Å². The Labute approximate surface area is 171 Å². The number of pyridine rings is 2. The van der Waals surface area contributed by atoms with Crippen LogP contribution < -0.4 is 10.6 Å². The molecule has 2 N–H and O–H groups in total. The molecule has 0 aromatic carbocycles. The maximum absolute atomic E-state index is 4.68. The molecule has 0 spiro atoms. The number of anilines is 1. The number of piperidine rings is 1. The minimum Gasteiger partial charge on any atom is -0.380 e. The van der Waals surface area contributed by atoms with Crippen LogP contribution in [0.1, 0.15) is 30.1 Å². The van der Waals surface area contributed by atoms with E-state index in [4.69, 9.17) is 0 Å². The Morgan fingerprint density at radius 1 is 1.12 bits per heavy atom. The monoisotopic (exact) mass is 416 g/mol. The molecule has 0 saturated carbocycles. The maximum atomic E-state index is 4.68. The summed E-state index contributed by atoms with van der Waals surface area (Å²) in [5.74, 6) is 1.44. The molecular formula is C17H23Cl3N6. The highest BCUT2D eigenvalue weighted by Crippen LogP contribution is 2.23. The predicted octanol–water partition coefficient (Wildman–Crippen LogP) is 3.47. The SMILES string of the molecule is Cl.Cl.Cl.c1cncc(CNc2ccc3nc(C4CCNCC4)nn3c2)c1. The molecule has 0 atom stereocenters. The quantitative estimate of drug-likeness (QED) is 0.680. The van der Waals surface area contributed by atoms with Crippen LogP contribution in [0, 0.1) is 0 Å². The summed E-state index contributed by atoms with van der Waals surface area (Å²) in [5, 5.41) is 11.5. The summed E-state index contributed by atoms with van der Waals surface area (Å²) in [6, 6.07) is 8.07. The van der Waals surface area contributed by atoms with Crippen LogP contribution in [0.15, 0.2) is 42.9 Å². The lowest BCUT2D eigenvalue weighted by atomic mass is 9.98. The Bertz CT molecular complexity index is 790. The number of nitrogens with zero attached hydrogens (tertiary/aromatic N) is 4. The fourth-order valence-corrected chi connectivity index (χ4v) is 2.96. The van der Waals surface area contributed by atoms with Gasteiger partial charge in [-0.15, -0.1) is 37.2 Å². The van der Waals surface area contributed by atoms with E-state index in [0.717, 1.165) is 55.2 Å². The molecule has 0 aliphatic carbocycles. The van der Waals surface area contributed by atoms with Gasteiger partial charge in [0, 0.05) is 24.9 Å². The zero-order valence-corrected chi connectivity index (χ0v) is 16.6. The zero-order valence-electron chi connectivity index (χ0n) is 14.2. The Kier molecular flexibility index (Phi) is 9.08. The first-order valence-corrected chi connectivity index (χ1v) is 8.08. The van der Waals surface area contributed by atoms with Gasteiger partial charge in [0.15, 0.2) is 11.5 Å².